The quantitative estimate of drug-likeness (QED) is 0.0198. The van der Waals surface area contributed by atoms with Crippen LogP contribution in [0.1, 0.15) is 171 Å². The summed E-state index contributed by atoms with van der Waals surface area (Å²) >= 11 is 0. The molecule has 0 aliphatic carbocycles. The molecule has 0 amide bonds. The van der Waals surface area contributed by atoms with Gasteiger partial charge >= 0.3 is 54.8 Å². The van der Waals surface area contributed by atoms with Gasteiger partial charge in [-0.3, -0.25) is 19.2 Å². The molecule has 5 aromatic rings. The average molecular weight is 1910 g/mol. The summed E-state index contributed by atoms with van der Waals surface area (Å²) in [6.07, 6.45) is 6.87. The average Bonchev–Trinajstić information content (AvgIpc) is 1.39. The molecule has 4 atom stereocenters. The van der Waals surface area contributed by atoms with Gasteiger partial charge in [-0.2, -0.15) is 0 Å². The molecule has 5 fully saturated rings. The molecule has 5 aromatic carbocycles. The number of ether oxygens (including phenoxy) is 24. The van der Waals surface area contributed by atoms with E-state index in [0.29, 0.717) is 157 Å². The van der Waals surface area contributed by atoms with E-state index in [9.17, 15) is 62.3 Å². The number of carbonyl (C=O) groups excluding carboxylic acids is 13. The van der Waals surface area contributed by atoms with E-state index in [1.165, 1.54) is 13.8 Å². The molecule has 752 valence electrons. The van der Waals surface area contributed by atoms with E-state index in [0.717, 1.165) is 72.8 Å². The molecule has 37 nitrogen and oxygen atoms in total. The fraction of sp³-hybridized carbons (Fsp3) is 0.561. The van der Waals surface area contributed by atoms with Crippen LogP contribution in [0.15, 0.2) is 152 Å². The molecule has 5 saturated heterocycles. The molecule has 5 heterocycles. The molecule has 4 unspecified atom stereocenters. The zero-order valence-corrected chi connectivity index (χ0v) is 79.1. The lowest BCUT2D eigenvalue weighted by molar-refractivity contribution is -0.157. The molecule has 5 aliphatic heterocycles. The van der Waals surface area contributed by atoms with Gasteiger partial charge < -0.3 is 128 Å². The Morgan fingerprint density at radius 3 is 0.881 bits per heavy atom. The Morgan fingerprint density at radius 2 is 0.570 bits per heavy atom. The molecule has 0 aromatic heterocycles. The number of hydrogen-bond donors (Lipinski definition) is 0. The third-order valence-electron chi connectivity index (χ3n) is 17.9. The van der Waals surface area contributed by atoms with Gasteiger partial charge in [0.05, 0.1) is 112 Å². The van der Waals surface area contributed by atoms with Crippen molar-refractivity contribution in [2.75, 3.05) is 154 Å². The Kier molecular flexibility index (Phi) is 72.6. The largest absolute Gasteiger partial charge is 0.508 e. The van der Waals surface area contributed by atoms with Crippen LogP contribution in [-0.4, -0.2) is 262 Å². The lowest BCUT2D eigenvalue weighted by atomic mass is 10.1. The minimum atomic E-state index is -0.814. The first-order chi connectivity index (χ1) is 65.4. The van der Waals surface area contributed by atoms with Crippen molar-refractivity contribution in [3.05, 3.63) is 179 Å². The lowest BCUT2D eigenvalue weighted by Crippen LogP contribution is -2.33. The third-order valence-corrected chi connectivity index (χ3v) is 17.9. The van der Waals surface area contributed by atoms with Crippen molar-refractivity contribution in [2.24, 2.45) is 0 Å². The van der Waals surface area contributed by atoms with Crippen LogP contribution in [0.3, 0.4) is 0 Å². The van der Waals surface area contributed by atoms with Gasteiger partial charge in [0.1, 0.15) is 107 Å². The number of benzene rings is 5. The van der Waals surface area contributed by atoms with Crippen molar-refractivity contribution >= 4 is 78.0 Å². The lowest BCUT2D eigenvalue weighted by Gasteiger charge is -2.21. The highest BCUT2D eigenvalue weighted by molar-refractivity contribution is 5.77. The Labute approximate surface area is 790 Å². The predicted octanol–water partition coefficient (Wildman–Crippen LogP) is 15.4. The van der Waals surface area contributed by atoms with Crippen LogP contribution in [0.25, 0.3) is 0 Å². The van der Waals surface area contributed by atoms with Crippen molar-refractivity contribution in [3.63, 3.8) is 0 Å². The molecule has 0 saturated carbocycles. The van der Waals surface area contributed by atoms with Crippen molar-refractivity contribution < 1.29 is 176 Å². The van der Waals surface area contributed by atoms with Gasteiger partial charge in [0.2, 0.25) is 0 Å². The Balaban J connectivity index is 0.000000535. The number of ketones is 4. The highest BCUT2D eigenvalue weighted by Gasteiger charge is 2.23. The fourth-order valence-electron chi connectivity index (χ4n) is 10.7. The Hall–Kier alpha value is -11.5. The maximum atomic E-state index is 11.6. The molecular formula is C98H138O37. The van der Waals surface area contributed by atoms with Gasteiger partial charge in [-0.05, 0) is 120 Å². The SMILES string of the molecule is COCC(COC(=O)OCCC(C)=O)OCc1ccccc1.COCC(COC(=O)OCCCC(C)=O)OCc1ccccc1.COCC(COC(=O)OCCCCC(C)=O)OCc1ccccc1.COCC(COC(=O)OCCCCCC(C)=O)OCc1ccccc1.O=C1CCCCCO1.O=C1CCCO1.O=C1CCO1.O=C1OCC(OCc2ccccc2)CO1.O=C1OCCCO1. The number of unbranched alkanes of at least 4 members (excludes halogenated alkanes) is 3. The summed E-state index contributed by atoms with van der Waals surface area (Å²) in [4.78, 5) is 140. The van der Waals surface area contributed by atoms with Gasteiger partial charge in [0, 0.05) is 73.4 Å². The Morgan fingerprint density at radius 1 is 0.281 bits per heavy atom. The first-order valence-electron chi connectivity index (χ1n) is 44.8. The number of hydrogen-bond acceptors (Lipinski definition) is 37. The second-order valence-corrected chi connectivity index (χ2v) is 30.0. The van der Waals surface area contributed by atoms with Crippen LogP contribution in [0.2, 0.25) is 0 Å². The number of esters is 3. The number of cyclic esters (lactones) is 7. The number of methoxy groups -OCH3 is 4. The second-order valence-electron chi connectivity index (χ2n) is 30.0. The molecule has 0 N–H and O–H groups in total. The van der Waals surface area contributed by atoms with E-state index in [2.05, 4.69) is 18.9 Å². The van der Waals surface area contributed by atoms with Crippen molar-refractivity contribution in [1.29, 1.82) is 0 Å². The van der Waals surface area contributed by atoms with Gasteiger partial charge in [-0.25, -0.2) is 28.8 Å². The summed E-state index contributed by atoms with van der Waals surface area (Å²) in [6.45, 7) is 13.9. The maximum absolute atomic E-state index is 11.6. The zero-order valence-electron chi connectivity index (χ0n) is 79.1. The van der Waals surface area contributed by atoms with Crippen LogP contribution in [0.5, 0.6) is 0 Å². The van der Waals surface area contributed by atoms with Crippen molar-refractivity contribution in [3.8, 4) is 0 Å². The van der Waals surface area contributed by atoms with E-state index < -0.39 is 36.9 Å². The summed E-state index contributed by atoms with van der Waals surface area (Å²) in [5.41, 5.74) is 5.21. The van der Waals surface area contributed by atoms with E-state index in [-0.39, 0.29) is 144 Å². The van der Waals surface area contributed by atoms with Crippen LogP contribution < -0.4 is 0 Å². The third kappa shape index (κ3) is 73.5. The molecule has 0 bridgehead atoms. The molecule has 5 aliphatic rings. The summed E-state index contributed by atoms with van der Waals surface area (Å²) < 4.78 is 120. The monoisotopic (exact) mass is 1910 g/mol. The second kappa shape index (κ2) is 82.0. The number of rotatable bonds is 49. The molecule has 10 rings (SSSR count). The summed E-state index contributed by atoms with van der Waals surface area (Å²) in [5.74, 6) is 0.200. The van der Waals surface area contributed by atoms with Crippen LogP contribution in [0, 0.1) is 0 Å². The Bertz CT molecular complexity index is 3910. The van der Waals surface area contributed by atoms with E-state index in [1.807, 2.05) is 152 Å². The standard InChI is InChI=1S/C19H28O6.C18H26O6.C17H24O6.C16H22O6.C11H12O4.C6H10O2.C4H6O3.C4H6O2.C3H4O2/c1-16(20)9-5-4-8-12-23-19(21)25-15-18(14-22-2)24-13-17-10-6-3-7-11-17;1-15(19)8-6-7-11-22-18(20)24-14-17(13-21-2)23-12-16-9-4-3-5-10-16;1-14(18)7-6-10-21-17(19)23-13-16(12-20-2)22-11-15-8-4-3-5-9-15;1-13(17)8-9-20-16(18)22-12-15(11-19-2)21-10-14-6-4-3-5-7-14;12-11-14-7-10(8-15-11)13-6-9-4-2-1-3-5-9;7-6-4-2-1-3-5-8-6;5-4-6-2-1-3-7-4;5-4-2-1-3-6-4;4-3-1-2-5-3/h3,6-7,10-11,18H,4-5,8-9,12-15H2,1-2H3;3-5,9-10,17H,6-8,11-14H2,1-2H3;3-5,8-9,16H,6-7,10-13H2,1-2H3;3-7,15H,8-12H2,1-2H3;1-5,10H,6-8H2;1-5H2;1-3H2;1-3H2;1-2H2. The smallest absolute Gasteiger partial charge is 0.466 e. The first kappa shape index (κ1) is 120. The van der Waals surface area contributed by atoms with Crippen molar-refractivity contribution in [2.45, 2.75) is 207 Å². The summed E-state index contributed by atoms with van der Waals surface area (Å²) in [5, 5.41) is 0. The van der Waals surface area contributed by atoms with Crippen molar-refractivity contribution in [1.82, 2.24) is 0 Å². The molecule has 37 heteroatoms. The highest BCUT2D eigenvalue weighted by Crippen LogP contribution is 2.15. The number of Topliss-reactive ketones (excluding diaryl/α,β-unsaturated/α-hetero) is 4. The van der Waals surface area contributed by atoms with Gasteiger partial charge in [0.15, 0.2) is 0 Å². The van der Waals surface area contributed by atoms with E-state index >= 15 is 0 Å². The van der Waals surface area contributed by atoms with Gasteiger partial charge in [-0.1, -0.05) is 152 Å². The zero-order chi connectivity index (χ0) is 98.6. The molecular weight excluding hydrogens is 1770 g/mol. The molecule has 0 spiro atoms. The summed E-state index contributed by atoms with van der Waals surface area (Å²) in [7, 11) is 6.23. The van der Waals surface area contributed by atoms with Crippen LogP contribution in [-0.2, 0) is 180 Å². The van der Waals surface area contributed by atoms with Crippen LogP contribution in [0.4, 0.5) is 28.8 Å². The van der Waals surface area contributed by atoms with E-state index in [1.54, 1.807) is 42.3 Å². The van der Waals surface area contributed by atoms with Crippen LogP contribution >= 0.6 is 0 Å². The first-order valence-corrected chi connectivity index (χ1v) is 44.8. The number of carbonyl (C=O) groups is 13. The minimum absolute atomic E-state index is 0.0218. The topological polar surface area (TPSA) is 443 Å². The summed E-state index contributed by atoms with van der Waals surface area (Å²) in [6, 6.07) is 48.7. The normalized spacial score (nSPS) is 14.1. The fourth-order valence-corrected chi connectivity index (χ4v) is 10.7. The predicted molar refractivity (Wildman–Crippen MR) is 485 cm³/mol. The maximum Gasteiger partial charge on any atom is 0.508 e. The van der Waals surface area contributed by atoms with Gasteiger partial charge in [0.25, 0.3) is 0 Å². The molecule has 135 heavy (non-hydrogen) atoms. The highest BCUT2D eigenvalue weighted by atomic mass is 16.8. The minimum Gasteiger partial charge on any atom is -0.466 e. The molecule has 0 radical (unpaired) electrons. The van der Waals surface area contributed by atoms with E-state index in [4.69, 9.17) is 94.7 Å². The van der Waals surface area contributed by atoms with Gasteiger partial charge in [-0.15, -0.1) is 0 Å².